The number of thioether (sulfide) groups is 1. The van der Waals surface area contributed by atoms with Gasteiger partial charge >= 0.3 is 0 Å². The largest absolute Gasteiger partial charge is 0.388 e. The molecule has 1 heterocycles. The van der Waals surface area contributed by atoms with E-state index >= 15 is 0 Å². The smallest absolute Gasteiger partial charge is 0.132 e. The average Bonchev–Trinajstić information content (AvgIpc) is 2.15. The monoisotopic (exact) mass is 209 g/mol. The van der Waals surface area contributed by atoms with Crippen LogP contribution < -0.4 is 5.73 Å². The number of rotatable bonds is 2. The number of ether oxygens (including phenoxy) is 1. The van der Waals surface area contributed by atoms with Crippen LogP contribution in [0.25, 0.3) is 0 Å². The second-order valence-electron chi connectivity index (χ2n) is 2.99. The molecule has 0 spiro atoms. The molecule has 5 unspecified atom stereocenters. The third-order valence-corrected chi connectivity index (χ3v) is 2.99. The van der Waals surface area contributed by atoms with Crippen molar-refractivity contribution in [3.8, 4) is 0 Å². The zero-order valence-corrected chi connectivity index (χ0v) is 8.15. The van der Waals surface area contributed by atoms with Crippen molar-refractivity contribution in [3.63, 3.8) is 0 Å². The van der Waals surface area contributed by atoms with Crippen molar-refractivity contribution in [2.45, 2.75) is 29.9 Å². The molecule has 0 aromatic rings. The molecule has 1 saturated heterocycles. The lowest BCUT2D eigenvalue weighted by molar-refractivity contribution is -0.194. The van der Waals surface area contributed by atoms with Crippen LogP contribution in [-0.4, -0.2) is 58.0 Å². The van der Waals surface area contributed by atoms with Crippen molar-refractivity contribution in [1.82, 2.24) is 0 Å². The van der Waals surface area contributed by atoms with Gasteiger partial charge in [-0.3, -0.25) is 0 Å². The Labute approximate surface area is 80.9 Å². The first-order chi connectivity index (χ1) is 6.11. The van der Waals surface area contributed by atoms with Crippen molar-refractivity contribution in [1.29, 1.82) is 0 Å². The fraction of sp³-hybridized carbons (Fsp3) is 1.00. The highest BCUT2D eigenvalue weighted by Gasteiger charge is 2.42. The van der Waals surface area contributed by atoms with Gasteiger partial charge in [0.1, 0.15) is 23.7 Å². The van der Waals surface area contributed by atoms with Crippen molar-refractivity contribution < 1.29 is 20.1 Å². The molecule has 0 aliphatic carbocycles. The van der Waals surface area contributed by atoms with Gasteiger partial charge in [0.05, 0.1) is 6.10 Å². The maximum atomic E-state index is 9.42. The van der Waals surface area contributed by atoms with E-state index in [0.29, 0.717) is 0 Å². The molecule has 0 amide bonds. The Morgan fingerprint density at radius 3 is 2.31 bits per heavy atom. The van der Waals surface area contributed by atoms with E-state index in [4.69, 9.17) is 10.5 Å². The van der Waals surface area contributed by atoms with Crippen LogP contribution in [0, 0.1) is 0 Å². The van der Waals surface area contributed by atoms with Gasteiger partial charge in [-0.2, -0.15) is 0 Å². The molecule has 5 N–H and O–H groups in total. The number of hydrogen-bond acceptors (Lipinski definition) is 6. The van der Waals surface area contributed by atoms with E-state index in [1.54, 1.807) is 6.26 Å². The molecule has 6 heteroatoms. The molecule has 1 aliphatic rings. The Morgan fingerprint density at radius 1 is 1.23 bits per heavy atom. The van der Waals surface area contributed by atoms with E-state index in [1.165, 1.54) is 11.8 Å². The molecule has 1 aliphatic heterocycles. The quantitative estimate of drug-likeness (QED) is 0.425. The first kappa shape index (κ1) is 11.2. The lowest BCUT2D eigenvalue weighted by Crippen LogP contribution is -2.58. The SMILES string of the molecule is CSC1OC(CN)C(O)C(O)C1O. The predicted molar refractivity (Wildman–Crippen MR) is 49.3 cm³/mol. The van der Waals surface area contributed by atoms with Crippen LogP contribution in [0.1, 0.15) is 0 Å². The van der Waals surface area contributed by atoms with Crippen LogP contribution in [0.4, 0.5) is 0 Å². The van der Waals surface area contributed by atoms with Gasteiger partial charge in [0.25, 0.3) is 0 Å². The van der Waals surface area contributed by atoms with Crippen LogP contribution >= 0.6 is 11.8 Å². The van der Waals surface area contributed by atoms with Crippen LogP contribution in [0.3, 0.4) is 0 Å². The van der Waals surface area contributed by atoms with Gasteiger partial charge in [-0.25, -0.2) is 0 Å². The second kappa shape index (κ2) is 4.59. The van der Waals surface area contributed by atoms with Crippen molar-refractivity contribution in [2.75, 3.05) is 12.8 Å². The maximum Gasteiger partial charge on any atom is 0.132 e. The number of hydrogen-bond donors (Lipinski definition) is 4. The molecule has 0 aromatic carbocycles. The molecule has 5 nitrogen and oxygen atoms in total. The van der Waals surface area contributed by atoms with Gasteiger partial charge in [-0.15, -0.1) is 11.8 Å². The second-order valence-corrected chi connectivity index (χ2v) is 3.92. The Hall–Kier alpha value is 0.150. The van der Waals surface area contributed by atoms with Crippen molar-refractivity contribution in [3.05, 3.63) is 0 Å². The minimum Gasteiger partial charge on any atom is -0.388 e. The molecule has 5 atom stereocenters. The molecule has 0 saturated carbocycles. The highest BCUT2D eigenvalue weighted by atomic mass is 32.2. The normalized spacial score (nSPS) is 46.4. The Kier molecular flexibility index (Phi) is 3.96. The molecular weight excluding hydrogens is 194 g/mol. The van der Waals surface area contributed by atoms with Gasteiger partial charge in [0.15, 0.2) is 0 Å². The standard InChI is InChI=1S/C7H15NO4S/c1-13-7-6(11)5(10)4(9)3(2-8)12-7/h3-7,9-11H,2,8H2,1H3. The predicted octanol–water partition coefficient (Wildman–Crippen LogP) is -1.88. The fourth-order valence-electron chi connectivity index (χ4n) is 1.31. The molecule has 0 aromatic heterocycles. The third kappa shape index (κ3) is 2.15. The van der Waals surface area contributed by atoms with Gasteiger partial charge in [-0.1, -0.05) is 0 Å². The molecule has 78 valence electrons. The molecular formula is C7H15NO4S. The maximum absolute atomic E-state index is 9.42. The minimum absolute atomic E-state index is 0.127. The van der Waals surface area contributed by atoms with E-state index in [1.807, 2.05) is 0 Å². The summed E-state index contributed by atoms with van der Waals surface area (Å²) in [7, 11) is 0. The molecule has 13 heavy (non-hydrogen) atoms. The van der Waals surface area contributed by atoms with E-state index in [0.717, 1.165) is 0 Å². The van der Waals surface area contributed by atoms with E-state index in [-0.39, 0.29) is 6.54 Å². The van der Waals surface area contributed by atoms with Crippen LogP contribution in [0.2, 0.25) is 0 Å². The van der Waals surface area contributed by atoms with E-state index < -0.39 is 29.9 Å². The summed E-state index contributed by atoms with van der Waals surface area (Å²) in [6.07, 6.45) is -2.20. The first-order valence-corrected chi connectivity index (χ1v) is 5.33. The summed E-state index contributed by atoms with van der Waals surface area (Å²) in [5.41, 5.74) is 4.81. The van der Waals surface area contributed by atoms with Gasteiger partial charge in [0.2, 0.25) is 0 Å². The molecule has 0 radical (unpaired) electrons. The summed E-state index contributed by atoms with van der Waals surface area (Å²) in [6, 6.07) is 0. The molecule has 1 fully saturated rings. The fourth-order valence-corrected chi connectivity index (χ4v) is 2.00. The summed E-state index contributed by atoms with van der Waals surface area (Å²) in [5.74, 6) is 0. The minimum atomic E-state index is -1.18. The average molecular weight is 209 g/mol. The zero-order valence-electron chi connectivity index (χ0n) is 7.33. The van der Waals surface area contributed by atoms with Gasteiger partial charge in [-0.05, 0) is 6.26 Å². The summed E-state index contributed by atoms with van der Waals surface area (Å²) < 4.78 is 5.26. The Morgan fingerprint density at radius 2 is 1.85 bits per heavy atom. The number of nitrogens with two attached hydrogens (primary N) is 1. The Bertz CT molecular complexity index is 151. The summed E-state index contributed by atoms with van der Waals surface area (Å²) in [6.45, 7) is 0.127. The molecule has 0 bridgehead atoms. The highest BCUT2D eigenvalue weighted by molar-refractivity contribution is 7.99. The van der Waals surface area contributed by atoms with E-state index in [9.17, 15) is 15.3 Å². The summed E-state index contributed by atoms with van der Waals surface area (Å²) >= 11 is 1.28. The number of aliphatic hydroxyl groups is 3. The number of aliphatic hydroxyl groups excluding tert-OH is 3. The van der Waals surface area contributed by atoms with Crippen LogP contribution in [0.5, 0.6) is 0 Å². The van der Waals surface area contributed by atoms with Crippen molar-refractivity contribution >= 4 is 11.8 Å². The lowest BCUT2D eigenvalue weighted by atomic mass is 10.0. The van der Waals surface area contributed by atoms with Crippen molar-refractivity contribution in [2.24, 2.45) is 5.73 Å². The van der Waals surface area contributed by atoms with Gasteiger partial charge < -0.3 is 25.8 Å². The highest BCUT2D eigenvalue weighted by Crippen LogP contribution is 2.26. The van der Waals surface area contributed by atoms with E-state index in [2.05, 4.69) is 0 Å². The Balaban J connectivity index is 2.66. The van der Waals surface area contributed by atoms with Crippen LogP contribution in [0.15, 0.2) is 0 Å². The molecule has 1 rings (SSSR count). The summed E-state index contributed by atoms with van der Waals surface area (Å²) in [4.78, 5) is 0. The summed E-state index contributed by atoms with van der Waals surface area (Å²) in [5, 5.41) is 28.2. The zero-order chi connectivity index (χ0) is 10.0. The van der Waals surface area contributed by atoms with Crippen LogP contribution in [-0.2, 0) is 4.74 Å². The first-order valence-electron chi connectivity index (χ1n) is 4.04. The third-order valence-electron chi connectivity index (χ3n) is 2.13. The lowest BCUT2D eigenvalue weighted by Gasteiger charge is -2.39. The topological polar surface area (TPSA) is 95.9 Å². The van der Waals surface area contributed by atoms with Gasteiger partial charge in [0, 0.05) is 6.54 Å².